The molecule has 1 amide bonds. The lowest BCUT2D eigenvalue weighted by Gasteiger charge is -2.09. The first-order chi connectivity index (χ1) is 9.11. The summed E-state index contributed by atoms with van der Waals surface area (Å²) in [5.74, 6) is -0.508. The molecule has 5 heteroatoms. The average molecular weight is 275 g/mol. The third kappa shape index (κ3) is 3.06. The van der Waals surface area contributed by atoms with Crippen molar-refractivity contribution in [2.24, 2.45) is 5.73 Å². The summed E-state index contributed by atoms with van der Waals surface area (Å²) in [7, 11) is 0. The Morgan fingerprint density at radius 1 is 1.37 bits per heavy atom. The van der Waals surface area contributed by atoms with Crippen LogP contribution in [0.2, 0.25) is 0 Å². The fourth-order valence-electron chi connectivity index (χ4n) is 1.90. The number of hydrogen-bond acceptors (Lipinski definition) is 4. The van der Waals surface area contributed by atoms with Crippen molar-refractivity contribution in [1.29, 1.82) is 0 Å². The zero-order valence-electron chi connectivity index (χ0n) is 10.8. The van der Waals surface area contributed by atoms with Crippen molar-refractivity contribution < 1.29 is 4.79 Å². The molecule has 0 atom stereocenters. The molecule has 0 fully saturated rings. The number of carbonyl (C=O) groups excluding carboxylic acids is 1. The van der Waals surface area contributed by atoms with E-state index in [-0.39, 0.29) is 0 Å². The van der Waals surface area contributed by atoms with Crippen LogP contribution in [0.25, 0.3) is 0 Å². The minimum absolute atomic E-state index is 0.354. The Balaban J connectivity index is 2.12. The van der Waals surface area contributed by atoms with Gasteiger partial charge >= 0.3 is 0 Å². The maximum absolute atomic E-state index is 11.2. The second-order valence-electron chi connectivity index (χ2n) is 4.24. The molecule has 100 valence electrons. The molecule has 0 aliphatic heterocycles. The Morgan fingerprint density at radius 2 is 2.16 bits per heavy atom. The number of nitrogens with one attached hydrogen (secondary N) is 1. The molecule has 0 spiro atoms. The summed E-state index contributed by atoms with van der Waals surface area (Å²) in [6, 6.07) is 7.37. The van der Waals surface area contributed by atoms with E-state index in [1.807, 2.05) is 6.07 Å². The molecule has 19 heavy (non-hydrogen) atoms. The molecule has 4 nitrogen and oxygen atoms in total. The molecule has 0 unspecified atom stereocenters. The van der Waals surface area contributed by atoms with Crippen molar-refractivity contribution in [3.63, 3.8) is 0 Å². The molecule has 5 N–H and O–H groups in total. The first-order valence-electron chi connectivity index (χ1n) is 6.10. The van der Waals surface area contributed by atoms with Gasteiger partial charge in [-0.15, -0.1) is 11.3 Å². The highest BCUT2D eigenvalue weighted by molar-refractivity contribution is 7.10. The van der Waals surface area contributed by atoms with Gasteiger partial charge in [-0.05, 0) is 41.6 Å². The Labute approximate surface area is 116 Å². The summed E-state index contributed by atoms with van der Waals surface area (Å²) in [5, 5.41) is 5.38. The molecule has 0 bridgehead atoms. The van der Waals surface area contributed by atoms with Crippen LogP contribution in [0.15, 0.2) is 29.6 Å². The van der Waals surface area contributed by atoms with Gasteiger partial charge in [-0.1, -0.05) is 6.92 Å². The van der Waals surface area contributed by atoms with E-state index >= 15 is 0 Å². The van der Waals surface area contributed by atoms with E-state index in [2.05, 4.69) is 23.7 Å². The highest BCUT2D eigenvalue weighted by atomic mass is 32.1. The van der Waals surface area contributed by atoms with Gasteiger partial charge in [0.05, 0.1) is 5.56 Å². The summed E-state index contributed by atoms with van der Waals surface area (Å²) in [4.78, 5) is 12.5. The number of carbonyl (C=O) groups is 1. The molecule has 1 heterocycles. The zero-order valence-corrected chi connectivity index (χ0v) is 11.6. The van der Waals surface area contributed by atoms with Crippen molar-refractivity contribution in [3.8, 4) is 0 Å². The Kier molecular flexibility index (Phi) is 4.06. The van der Waals surface area contributed by atoms with Gasteiger partial charge in [-0.2, -0.15) is 0 Å². The largest absolute Gasteiger partial charge is 0.398 e. The summed E-state index contributed by atoms with van der Waals surface area (Å²) in [5.41, 5.74) is 13.9. The first kappa shape index (κ1) is 13.4. The zero-order chi connectivity index (χ0) is 13.8. The van der Waals surface area contributed by atoms with Crippen LogP contribution in [0.4, 0.5) is 11.4 Å². The normalized spacial score (nSPS) is 10.4. The van der Waals surface area contributed by atoms with E-state index in [1.165, 1.54) is 10.4 Å². The lowest BCUT2D eigenvalue weighted by atomic mass is 10.1. The number of benzene rings is 1. The monoisotopic (exact) mass is 275 g/mol. The van der Waals surface area contributed by atoms with Crippen molar-refractivity contribution in [2.45, 2.75) is 19.9 Å². The second kappa shape index (κ2) is 5.75. The van der Waals surface area contributed by atoms with Crippen LogP contribution >= 0.6 is 11.3 Å². The fraction of sp³-hybridized carbons (Fsp3) is 0.214. The van der Waals surface area contributed by atoms with Crippen molar-refractivity contribution in [1.82, 2.24) is 0 Å². The van der Waals surface area contributed by atoms with Gasteiger partial charge in [0.15, 0.2) is 0 Å². The maximum atomic E-state index is 11.2. The number of aryl methyl sites for hydroxylation is 1. The van der Waals surface area contributed by atoms with E-state index in [0.29, 0.717) is 11.3 Å². The molecule has 2 aromatic rings. The van der Waals surface area contributed by atoms with Gasteiger partial charge in [-0.25, -0.2) is 0 Å². The van der Waals surface area contributed by atoms with Crippen LogP contribution in [-0.2, 0) is 13.0 Å². The Morgan fingerprint density at radius 3 is 2.84 bits per heavy atom. The van der Waals surface area contributed by atoms with Crippen molar-refractivity contribution in [2.75, 3.05) is 11.1 Å². The lowest BCUT2D eigenvalue weighted by Crippen LogP contribution is -2.14. The van der Waals surface area contributed by atoms with Gasteiger partial charge in [0, 0.05) is 22.8 Å². The van der Waals surface area contributed by atoms with Crippen LogP contribution in [0, 0.1) is 0 Å². The van der Waals surface area contributed by atoms with Crippen LogP contribution in [0.1, 0.15) is 27.7 Å². The van der Waals surface area contributed by atoms with Gasteiger partial charge in [0.1, 0.15) is 0 Å². The van der Waals surface area contributed by atoms with Crippen LogP contribution in [0.5, 0.6) is 0 Å². The van der Waals surface area contributed by atoms with Gasteiger partial charge in [0.2, 0.25) is 0 Å². The van der Waals surface area contributed by atoms with E-state index in [4.69, 9.17) is 11.5 Å². The van der Waals surface area contributed by atoms with Gasteiger partial charge in [-0.3, -0.25) is 4.79 Å². The summed E-state index contributed by atoms with van der Waals surface area (Å²) in [6.07, 6.45) is 1.02. The molecular formula is C14H17N3OS. The molecule has 2 rings (SSSR count). The summed E-state index contributed by atoms with van der Waals surface area (Å²) < 4.78 is 0. The highest BCUT2D eigenvalue weighted by Gasteiger charge is 2.07. The number of rotatable bonds is 5. The number of hydrogen-bond donors (Lipinski definition) is 3. The number of anilines is 2. The quantitative estimate of drug-likeness (QED) is 0.734. The molecule has 0 aliphatic carbocycles. The molecule has 1 aromatic carbocycles. The Hall–Kier alpha value is -2.01. The number of thiophene rings is 1. The molecule has 0 saturated carbocycles. The molecule has 0 aliphatic rings. The van der Waals surface area contributed by atoms with E-state index in [1.54, 1.807) is 23.5 Å². The highest BCUT2D eigenvalue weighted by Crippen LogP contribution is 2.21. The molecule has 1 aromatic heterocycles. The van der Waals surface area contributed by atoms with Crippen molar-refractivity contribution in [3.05, 3.63) is 45.6 Å². The molecule has 0 radical (unpaired) electrons. The predicted molar refractivity (Wildman–Crippen MR) is 80.4 cm³/mol. The van der Waals surface area contributed by atoms with Crippen LogP contribution in [-0.4, -0.2) is 5.91 Å². The molecule has 0 saturated heterocycles. The van der Waals surface area contributed by atoms with E-state index in [0.717, 1.165) is 18.7 Å². The van der Waals surface area contributed by atoms with E-state index < -0.39 is 5.91 Å². The standard InChI is InChI=1S/C14H17N3OS/c1-2-9-5-6-19-13(9)8-17-10-3-4-12(15)11(7-10)14(16)18/h3-7,17H,2,8,15H2,1H3,(H2,16,18). The number of amides is 1. The SMILES string of the molecule is CCc1ccsc1CNc1ccc(N)c(C(N)=O)c1. The molecular weight excluding hydrogens is 258 g/mol. The average Bonchev–Trinajstić information content (AvgIpc) is 2.84. The number of primary amides is 1. The smallest absolute Gasteiger partial charge is 0.250 e. The summed E-state index contributed by atoms with van der Waals surface area (Å²) >= 11 is 1.73. The number of nitrogens with two attached hydrogens (primary N) is 2. The Bertz CT molecular complexity index is 592. The minimum atomic E-state index is -0.508. The second-order valence-corrected chi connectivity index (χ2v) is 5.24. The number of nitrogen functional groups attached to an aromatic ring is 1. The third-order valence-electron chi connectivity index (χ3n) is 2.99. The van der Waals surface area contributed by atoms with Crippen molar-refractivity contribution >= 4 is 28.6 Å². The summed E-state index contributed by atoms with van der Waals surface area (Å²) in [6.45, 7) is 2.88. The van der Waals surface area contributed by atoms with Crippen LogP contribution < -0.4 is 16.8 Å². The fourth-order valence-corrected chi connectivity index (χ4v) is 2.81. The maximum Gasteiger partial charge on any atom is 0.250 e. The topological polar surface area (TPSA) is 81.1 Å². The third-order valence-corrected chi connectivity index (χ3v) is 3.95. The van der Waals surface area contributed by atoms with Gasteiger partial charge < -0.3 is 16.8 Å². The van der Waals surface area contributed by atoms with E-state index in [9.17, 15) is 4.79 Å². The van der Waals surface area contributed by atoms with Gasteiger partial charge in [0.25, 0.3) is 5.91 Å². The minimum Gasteiger partial charge on any atom is -0.398 e. The predicted octanol–water partition coefficient (Wildman–Crippen LogP) is 2.60. The first-order valence-corrected chi connectivity index (χ1v) is 6.98. The lowest BCUT2D eigenvalue weighted by molar-refractivity contribution is 0.100. The van der Waals surface area contributed by atoms with Crippen LogP contribution in [0.3, 0.4) is 0 Å².